The zero-order valence-electron chi connectivity index (χ0n) is 24.6. The van der Waals surface area contributed by atoms with Crippen molar-refractivity contribution in [1.82, 2.24) is 19.3 Å². The smallest absolute Gasteiger partial charge is 0.386 e. The molecule has 3 aliphatic rings. The molecule has 0 saturated heterocycles. The maximum Gasteiger partial charge on any atom is 0.386 e. The van der Waals surface area contributed by atoms with Crippen LogP contribution in [0.1, 0.15) is 84.4 Å². The number of hydrogen-bond donors (Lipinski definition) is 1. The molecule has 9 bridgehead atoms. The molecule has 0 fully saturated rings. The number of aryl methyl sites for hydroxylation is 3. The van der Waals surface area contributed by atoms with Gasteiger partial charge in [-0.05, 0) is 92.1 Å². The van der Waals surface area contributed by atoms with Crippen LogP contribution < -0.4 is 8.92 Å². The summed E-state index contributed by atoms with van der Waals surface area (Å²) in [5, 5.41) is 18.8. The number of benzene rings is 3. The summed E-state index contributed by atoms with van der Waals surface area (Å²) in [5.41, 5.74) is 6.64. The minimum absolute atomic E-state index is 0.126. The molecule has 1 unspecified atom stereocenters. The minimum atomic E-state index is -4.08. The highest BCUT2D eigenvalue weighted by molar-refractivity contribution is 7.84. The first-order valence-electron chi connectivity index (χ1n) is 14.7. The number of carboxylic acids is 1. The Morgan fingerprint density at radius 3 is 2.65 bits per heavy atom. The Morgan fingerprint density at radius 1 is 1.02 bits per heavy atom. The quantitative estimate of drug-likeness (QED) is 0.304. The van der Waals surface area contributed by atoms with E-state index in [1.807, 2.05) is 61.9 Å². The van der Waals surface area contributed by atoms with Gasteiger partial charge in [-0.1, -0.05) is 35.9 Å². The van der Waals surface area contributed by atoms with Crippen LogP contribution in [0.25, 0.3) is 11.0 Å². The van der Waals surface area contributed by atoms with Gasteiger partial charge in [-0.3, -0.25) is 4.79 Å². The van der Waals surface area contributed by atoms with Crippen LogP contribution in [0.2, 0.25) is 0 Å². The summed E-state index contributed by atoms with van der Waals surface area (Å²) in [6.45, 7) is 7.17. The number of ether oxygens (including phenoxy) is 1. The van der Waals surface area contributed by atoms with Crippen LogP contribution in [-0.2, 0) is 28.2 Å². The second kappa shape index (κ2) is 11.6. The normalized spacial score (nSPS) is 22.0. The summed E-state index contributed by atoms with van der Waals surface area (Å²) in [5.74, 6) is -0.412. The Labute approximate surface area is 251 Å². The van der Waals surface area contributed by atoms with E-state index in [4.69, 9.17) is 8.92 Å². The van der Waals surface area contributed by atoms with Gasteiger partial charge in [0.2, 0.25) is 0 Å². The predicted octanol–water partition coefficient (Wildman–Crippen LogP) is 5.81. The molecule has 7 rings (SSSR count). The number of aromatic nitrogens is 3. The number of carboxylic acid groups (broad SMARTS) is 1. The van der Waals surface area contributed by atoms with Gasteiger partial charge >= 0.3 is 16.3 Å². The van der Waals surface area contributed by atoms with Crippen molar-refractivity contribution < 1.29 is 27.2 Å². The fourth-order valence-electron chi connectivity index (χ4n) is 6.28. The molecule has 0 radical (unpaired) electrons. The van der Waals surface area contributed by atoms with Gasteiger partial charge < -0.3 is 14.0 Å². The Kier molecular flexibility index (Phi) is 7.87. The lowest BCUT2D eigenvalue weighted by atomic mass is 9.83. The minimum Gasteiger partial charge on any atom is -0.494 e. The Morgan fingerprint density at radius 2 is 1.84 bits per heavy atom. The number of fused-ring (bicyclic) bond motifs is 7. The van der Waals surface area contributed by atoms with Crippen molar-refractivity contribution >= 4 is 27.3 Å². The molecule has 3 atom stereocenters. The summed E-state index contributed by atoms with van der Waals surface area (Å²) in [6, 6.07) is 14.4. The molecule has 10 nitrogen and oxygen atoms in total. The molecule has 4 aromatic rings. The van der Waals surface area contributed by atoms with Gasteiger partial charge in [0, 0.05) is 24.6 Å². The SMILES string of the molecule is Cc1ccc2cc1[C@@H](C)N1Cc3cc(ccc3OS1(=O)=O)OCCCCCCn1nnc3c(C)c(ccc31)[C@H]2CC(=O)O. The molecular weight excluding hydrogens is 568 g/mol. The molecule has 0 aliphatic carbocycles. The number of aliphatic carboxylic acids is 1. The maximum atomic E-state index is 13.3. The standard InChI is InChI=1S/C32H36N4O6S/c1-20-8-9-23-17-27(20)22(3)36-19-24-16-25(10-13-30(24)42-43(36,39)40)41-15-7-5-4-6-14-35-29-12-11-26(28(23)18-31(37)38)21(2)32(29)33-34-35/h8-13,16-17,22,28H,4-7,14-15,18-19H2,1-3H3,(H,37,38)/t22-,28+/m1/s1. The fourth-order valence-corrected chi connectivity index (χ4v) is 7.57. The highest BCUT2D eigenvalue weighted by Crippen LogP contribution is 2.40. The molecule has 1 aromatic heterocycles. The van der Waals surface area contributed by atoms with Gasteiger partial charge in [0.15, 0.2) is 0 Å². The molecule has 226 valence electrons. The van der Waals surface area contributed by atoms with E-state index in [1.54, 1.807) is 12.1 Å². The van der Waals surface area contributed by atoms with Crippen molar-refractivity contribution in [3.05, 3.63) is 81.9 Å². The van der Waals surface area contributed by atoms with E-state index in [9.17, 15) is 18.3 Å². The maximum absolute atomic E-state index is 13.3. The lowest BCUT2D eigenvalue weighted by Crippen LogP contribution is -2.39. The van der Waals surface area contributed by atoms with Crippen LogP contribution in [0.15, 0.2) is 48.5 Å². The van der Waals surface area contributed by atoms with Gasteiger partial charge in [0.05, 0.1) is 24.6 Å². The second-order valence-corrected chi connectivity index (χ2v) is 13.0. The third kappa shape index (κ3) is 5.71. The molecule has 43 heavy (non-hydrogen) atoms. The summed E-state index contributed by atoms with van der Waals surface area (Å²) in [6.07, 6.45) is 3.74. The lowest BCUT2D eigenvalue weighted by molar-refractivity contribution is -0.137. The monoisotopic (exact) mass is 604 g/mol. The van der Waals surface area contributed by atoms with Crippen molar-refractivity contribution in [3.63, 3.8) is 0 Å². The lowest BCUT2D eigenvalue weighted by Gasteiger charge is -2.33. The van der Waals surface area contributed by atoms with E-state index < -0.39 is 28.2 Å². The zero-order chi connectivity index (χ0) is 30.3. The summed E-state index contributed by atoms with van der Waals surface area (Å²) in [4.78, 5) is 12.1. The van der Waals surface area contributed by atoms with E-state index in [-0.39, 0.29) is 13.0 Å². The molecular formula is C32H36N4O6S. The van der Waals surface area contributed by atoms with E-state index >= 15 is 0 Å². The van der Waals surface area contributed by atoms with Gasteiger partial charge in [-0.2, -0.15) is 12.7 Å². The summed E-state index contributed by atoms with van der Waals surface area (Å²) < 4.78 is 41.5. The fraction of sp³-hybridized carbons (Fsp3) is 0.406. The summed E-state index contributed by atoms with van der Waals surface area (Å²) >= 11 is 0. The van der Waals surface area contributed by atoms with Crippen LogP contribution in [-0.4, -0.2) is 45.4 Å². The molecule has 1 N–H and O–H groups in total. The van der Waals surface area contributed by atoms with Crippen molar-refractivity contribution in [1.29, 1.82) is 0 Å². The van der Waals surface area contributed by atoms with Crippen LogP contribution in [0, 0.1) is 13.8 Å². The van der Waals surface area contributed by atoms with Crippen LogP contribution >= 0.6 is 0 Å². The van der Waals surface area contributed by atoms with E-state index in [0.29, 0.717) is 18.1 Å². The number of hydrogen-bond acceptors (Lipinski definition) is 7. The van der Waals surface area contributed by atoms with Gasteiger partial charge in [-0.15, -0.1) is 5.10 Å². The first-order valence-corrected chi connectivity index (χ1v) is 16.1. The third-order valence-corrected chi connectivity index (χ3v) is 10.1. The first kappa shape index (κ1) is 29.1. The van der Waals surface area contributed by atoms with E-state index in [2.05, 4.69) is 10.3 Å². The first-order chi connectivity index (χ1) is 20.6. The van der Waals surface area contributed by atoms with Crippen LogP contribution in [0.5, 0.6) is 11.5 Å². The van der Waals surface area contributed by atoms with Gasteiger partial charge in [0.25, 0.3) is 0 Å². The van der Waals surface area contributed by atoms with Crippen molar-refractivity contribution in [3.8, 4) is 11.5 Å². The molecule has 0 saturated carbocycles. The predicted molar refractivity (Wildman–Crippen MR) is 161 cm³/mol. The molecule has 0 amide bonds. The van der Waals surface area contributed by atoms with Crippen LogP contribution in [0.3, 0.4) is 0 Å². The largest absolute Gasteiger partial charge is 0.494 e. The molecule has 3 aliphatic heterocycles. The Hall–Kier alpha value is -3.96. The number of rotatable bonds is 2. The average Bonchev–Trinajstić information content (AvgIpc) is 3.38. The van der Waals surface area contributed by atoms with Gasteiger partial charge in [0.1, 0.15) is 17.0 Å². The average molecular weight is 605 g/mol. The Balaban J connectivity index is 1.46. The van der Waals surface area contributed by atoms with Crippen molar-refractivity contribution in [2.45, 2.75) is 77.9 Å². The molecule has 11 heteroatoms. The van der Waals surface area contributed by atoms with E-state index in [1.165, 1.54) is 4.31 Å². The van der Waals surface area contributed by atoms with Crippen molar-refractivity contribution in [2.24, 2.45) is 0 Å². The van der Waals surface area contributed by atoms with Crippen molar-refractivity contribution in [2.75, 3.05) is 6.61 Å². The molecule has 0 spiro atoms. The highest BCUT2D eigenvalue weighted by Gasteiger charge is 2.37. The number of nitrogens with zero attached hydrogens (tertiary/aromatic N) is 4. The van der Waals surface area contributed by atoms with Gasteiger partial charge in [-0.25, -0.2) is 4.68 Å². The van der Waals surface area contributed by atoms with Crippen LogP contribution in [0.4, 0.5) is 0 Å². The zero-order valence-corrected chi connectivity index (χ0v) is 25.4. The molecule has 4 heterocycles. The highest BCUT2D eigenvalue weighted by atomic mass is 32.2. The third-order valence-electron chi connectivity index (χ3n) is 8.70. The summed E-state index contributed by atoms with van der Waals surface area (Å²) in [7, 11) is -4.08. The van der Waals surface area contributed by atoms with E-state index in [0.717, 1.165) is 76.6 Å². The Bertz CT molecular complexity index is 1800. The topological polar surface area (TPSA) is 124 Å². The molecule has 3 aromatic carbocycles. The second-order valence-electron chi connectivity index (χ2n) is 11.5. The number of carbonyl (C=O) groups is 1.